The Labute approximate surface area is 777 Å². The van der Waals surface area contributed by atoms with Crippen LogP contribution in [0.3, 0.4) is 0 Å². The number of hydrogen-bond acceptors (Lipinski definition) is 9. The lowest BCUT2D eigenvalue weighted by atomic mass is 9.96. The van der Waals surface area contributed by atoms with Crippen LogP contribution in [0.1, 0.15) is 0 Å². The number of benzene rings is 18. The molecule has 134 heavy (non-hydrogen) atoms. The summed E-state index contributed by atoms with van der Waals surface area (Å²) in [5.41, 5.74) is 30.3. The Hall–Kier alpha value is -18.1. The van der Waals surface area contributed by atoms with Crippen molar-refractivity contribution in [2.45, 2.75) is 0 Å². The molecule has 628 valence electrons. The lowest BCUT2D eigenvalue weighted by molar-refractivity contribution is 1.18. The van der Waals surface area contributed by atoms with Gasteiger partial charge in [0.15, 0.2) is 17.5 Å². The number of pyridine rings is 3. The molecule has 0 aliphatic rings. The molecule has 9 heteroatoms. The monoisotopic (exact) mass is 1710 g/mol. The van der Waals surface area contributed by atoms with Gasteiger partial charge in [0, 0.05) is 98.4 Å². The summed E-state index contributed by atoms with van der Waals surface area (Å²) in [5, 5.41) is 12.0. The summed E-state index contributed by atoms with van der Waals surface area (Å²) in [4.78, 5) is 43.9. The topological polar surface area (TPSA) is 116 Å². The van der Waals surface area contributed by atoms with Gasteiger partial charge in [0.25, 0.3) is 0 Å². The molecular formula is C125H83N9. The fourth-order valence-corrected chi connectivity index (χ4v) is 17.8. The minimum Gasteiger partial charge on any atom is -0.264 e. The summed E-state index contributed by atoms with van der Waals surface area (Å²) in [6.45, 7) is 0. The minimum absolute atomic E-state index is 0.691. The summed E-state index contributed by atoms with van der Waals surface area (Å²) < 4.78 is 0. The van der Waals surface area contributed by atoms with Crippen LogP contribution in [0.2, 0.25) is 0 Å². The van der Waals surface area contributed by atoms with Gasteiger partial charge in [0.1, 0.15) is 0 Å². The highest BCUT2D eigenvalue weighted by atomic mass is 14.9. The molecular weight excluding hydrogens is 1630 g/mol. The molecule has 0 amide bonds. The molecule has 6 heterocycles. The number of aromatic nitrogens is 9. The Morgan fingerprint density at radius 1 is 0.119 bits per heavy atom. The van der Waals surface area contributed by atoms with E-state index in [-0.39, 0.29) is 0 Å². The molecule has 0 unspecified atom stereocenters. The maximum absolute atomic E-state index is 5.21. The Morgan fingerprint density at radius 2 is 0.366 bits per heavy atom. The Balaban J connectivity index is 0.000000117. The van der Waals surface area contributed by atoms with E-state index in [9.17, 15) is 0 Å². The molecule has 24 rings (SSSR count). The Bertz CT molecular complexity index is 8420. The van der Waals surface area contributed by atoms with E-state index in [0.717, 1.165) is 156 Å². The molecule has 0 radical (unpaired) electrons. The molecule has 18 aromatic carbocycles. The first kappa shape index (κ1) is 81.7. The zero-order valence-corrected chi connectivity index (χ0v) is 72.9. The molecule has 0 saturated carbocycles. The van der Waals surface area contributed by atoms with Crippen LogP contribution in [0, 0.1) is 0 Å². The highest BCUT2D eigenvalue weighted by molar-refractivity contribution is 6.01. The minimum atomic E-state index is 0.691. The molecule has 0 atom stereocenters. The maximum Gasteiger partial charge on any atom is 0.161 e. The van der Waals surface area contributed by atoms with Crippen molar-refractivity contribution in [3.63, 3.8) is 0 Å². The molecule has 6 aromatic heterocycles. The number of rotatable bonds is 16. The van der Waals surface area contributed by atoms with Crippen molar-refractivity contribution in [2.24, 2.45) is 0 Å². The molecule has 0 fully saturated rings. The lowest BCUT2D eigenvalue weighted by Crippen LogP contribution is -1.97. The van der Waals surface area contributed by atoms with Crippen molar-refractivity contribution in [2.75, 3.05) is 0 Å². The molecule has 0 bridgehead atoms. The standard InChI is InChI=1S/C43H29N3.2C41H27N3/c1-2-9-30(10-3-1)35-13-6-15-38(26-35)42-28-41(33-21-18-32(19-22-33)40-17-8-24-44-29-40)45-43(46-42)39-16-7-14-36(27-39)37-23-20-31-11-4-5-12-34(31)25-37;1-3-19-35-28(10-1)12-7-21-37(35)31-15-6-17-33(25-31)40-26-39(32-16-5-14-30(24-32)34-18-9-23-42-27-34)43-41(44-40)38-22-8-13-29-11-2-4-20-36(29)38;1-2-11-30-24-35(21-20-28(30)9-1)41-43-39(33-15-5-13-31(23-33)36-17-8-22-42-27-36)26-40(44-41)34-16-6-14-32(25-34)38-19-7-12-29-10-3-4-18-37(29)38/h1-29H;2*1-27H. The van der Waals surface area contributed by atoms with Crippen LogP contribution in [-0.2, 0) is 0 Å². The van der Waals surface area contributed by atoms with E-state index in [0.29, 0.717) is 17.5 Å². The zero-order chi connectivity index (χ0) is 89.3. The molecule has 0 saturated heterocycles. The predicted octanol–water partition coefficient (Wildman–Crippen LogP) is 32.1. The smallest absolute Gasteiger partial charge is 0.161 e. The number of fused-ring (bicyclic) bond motifs is 5. The van der Waals surface area contributed by atoms with Crippen molar-refractivity contribution < 1.29 is 0 Å². The average Bonchev–Trinajstić information content (AvgIpc) is 0.810. The highest BCUT2D eigenvalue weighted by Gasteiger charge is 2.20. The zero-order valence-electron chi connectivity index (χ0n) is 72.9. The third-order valence-electron chi connectivity index (χ3n) is 24.7. The fourth-order valence-electron chi connectivity index (χ4n) is 17.8. The van der Waals surface area contributed by atoms with E-state index in [1.165, 1.54) is 60.0 Å². The van der Waals surface area contributed by atoms with Crippen molar-refractivity contribution in [3.8, 4) is 180 Å². The van der Waals surface area contributed by atoms with E-state index in [2.05, 4.69) is 458 Å². The first-order chi connectivity index (χ1) is 66.3. The summed E-state index contributed by atoms with van der Waals surface area (Å²) in [6, 6.07) is 164. The van der Waals surface area contributed by atoms with Crippen LogP contribution in [0.25, 0.3) is 233 Å². The Kier molecular flexibility index (Phi) is 22.8. The molecule has 9 nitrogen and oxygen atoms in total. The summed E-state index contributed by atoms with van der Waals surface area (Å²) in [6.07, 6.45) is 11.1. The first-order valence-electron chi connectivity index (χ1n) is 45.0. The van der Waals surface area contributed by atoms with E-state index in [1.54, 1.807) is 18.6 Å². The number of hydrogen-bond donors (Lipinski definition) is 0. The molecule has 0 N–H and O–H groups in total. The second-order valence-electron chi connectivity index (χ2n) is 33.2. The normalized spacial score (nSPS) is 11.1. The fraction of sp³-hybridized carbons (Fsp3) is 0. The third-order valence-corrected chi connectivity index (χ3v) is 24.7. The van der Waals surface area contributed by atoms with Crippen LogP contribution in [0.5, 0.6) is 0 Å². The quantitative estimate of drug-likeness (QED) is 0.0932. The molecule has 0 aliphatic heterocycles. The van der Waals surface area contributed by atoms with E-state index in [1.807, 2.05) is 42.9 Å². The lowest BCUT2D eigenvalue weighted by Gasteiger charge is -2.13. The van der Waals surface area contributed by atoms with Gasteiger partial charge in [-0.15, -0.1) is 0 Å². The van der Waals surface area contributed by atoms with Crippen LogP contribution in [-0.4, -0.2) is 44.9 Å². The van der Waals surface area contributed by atoms with Gasteiger partial charge in [-0.25, -0.2) is 29.9 Å². The van der Waals surface area contributed by atoms with E-state index >= 15 is 0 Å². The van der Waals surface area contributed by atoms with Crippen molar-refractivity contribution >= 4 is 53.9 Å². The molecule has 24 aromatic rings. The van der Waals surface area contributed by atoms with E-state index < -0.39 is 0 Å². The summed E-state index contributed by atoms with van der Waals surface area (Å²) in [7, 11) is 0. The third kappa shape index (κ3) is 17.7. The average molecular weight is 1710 g/mol. The SMILES string of the molecule is c1ccc(-c2cccc(-c3cc(-c4ccc(-c5cccnc5)cc4)nc(-c4cccc(-c5ccc6ccccc6c5)c4)n3)c2)cc1.c1cncc(-c2cccc(-c3cc(-c4cccc(-c5cccc6ccccc56)c4)nc(-c4ccc5ccccc5c4)n3)c2)c1.c1cncc(-c2cccc(-c3cc(-c4cccc(-c5cccc6ccccc56)c4)nc(-c4cccc5ccccc45)n3)c2)c1. The Morgan fingerprint density at radius 3 is 0.799 bits per heavy atom. The van der Waals surface area contributed by atoms with Crippen molar-refractivity contribution in [1.82, 2.24) is 44.9 Å². The predicted molar refractivity (Wildman–Crippen MR) is 554 cm³/mol. The summed E-state index contributed by atoms with van der Waals surface area (Å²) in [5.74, 6) is 2.10. The second-order valence-corrected chi connectivity index (χ2v) is 33.2. The molecule has 0 spiro atoms. The van der Waals surface area contributed by atoms with Crippen LogP contribution in [0.4, 0.5) is 0 Å². The van der Waals surface area contributed by atoms with Gasteiger partial charge in [-0.3, -0.25) is 15.0 Å². The van der Waals surface area contributed by atoms with Gasteiger partial charge in [0.05, 0.1) is 34.2 Å². The van der Waals surface area contributed by atoms with Gasteiger partial charge in [-0.2, -0.15) is 0 Å². The van der Waals surface area contributed by atoms with Gasteiger partial charge in [0.2, 0.25) is 0 Å². The van der Waals surface area contributed by atoms with E-state index in [4.69, 9.17) is 29.9 Å². The van der Waals surface area contributed by atoms with Crippen LogP contribution >= 0.6 is 0 Å². The van der Waals surface area contributed by atoms with Crippen LogP contribution < -0.4 is 0 Å². The first-order valence-corrected chi connectivity index (χ1v) is 45.0. The van der Waals surface area contributed by atoms with Crippen molar-refractivity contribution in [1.29, 1.82) is 0 Å². The van der Waals surface area contributed by atoms with Gasteiger partial charge in [-0.1, -0.05) is 382 Å². The van der Waals surface area contributed by atoms with Gasteiger partial charge in [-0.05, 0) is 206 Å². The van der Waals surface area contributed by atoms with Crippen LogP contribution in [0.15, 0.2) is 504 Å². The highest BCUT2D eigenvalue weighted by Crippen LogP contribution is 2.41. The largest absolute Gasteiger partial charge is 0.264 e. The maximum atomic E-state index is 5.21. The van der Waals surface area contributed by atoms with Gasteiger partial charge >= 0.3 is 0 Å². The summed E-state index contributed by atoms with van der Waals surface area (Å²) >= 11 is 0. The molecule has 0 aliphatic carbocycles. The van der Waals surface area contributed by atoms with Gasteiger partial charge < -0.3 is 0 Å². The second kappa shape index (κ2) is 37.3. The van der Waals surface area contributed by atoms with Crippen molar-refractivity contribution in [3.05, 3.63) is 504 Å². The number of nitrogens with zero attached hydrogens (tertiary/aromatic N) is 9.